The minimum atomic E-state index is -0.445. The highest BCUT2D eigenvalue weighted by Crippen LogP contribution is 2.32. The van der Waals surface area contributed by atoms with Gasteiger partial charge in [-0.25, -0.2) is 0 Å². The zero-order chi connectivity index (χ0) is 26.2. The van der Waals surface area contributed by atoms with E-state index < -0.39 is 6.17 Å². The number of rotatable bonds is 11. The largest absolute Gasteiger partial charge is 0.384 e. The number of likely N-dealkylation sites (N-methyl/N-ethyl adjacent to an activating group) is 1. The Labute approximate surface area is 218 Å². The van der Waals surface area contributed by atoms with Crippen molar-refractivity contribution in [2.75, 3.05) is 22.9 Å². The highest BCUT2D eigenvalue weighted by molar-refractivity contribution is 5.96. The molecule has 3 aromatic carbocycles. The van der Waals surface area contributed by atoms with Crippen molar-refractivity contribution in [1.29, 1.82) is 5.41 Å². The molecular weight excluding hydrogens is 462 g/mol. The maximum absolute atomic E-state index is 13.2. The molecule has 1 amide bonds. The van der Waals surface area contributed by atoms with Crippen molar-refractivity contribution < 1.29 is 9.59 Å². The van der Waals surface area contributed by atoms with Crippen LogP contribution in [0.15, 0.2) is 72.8 Å². The first-order valence-corrected chi connectivity index (χ1v) is 12.9. The maximum Gasteiger partial charge on any atom is 0.227 e. The minimum Gasteiger partial charge on any atom is -0.384 e. The number of amides is 1. The summed E-state index contributed by atoms with van der Waals surface area (Å²) >= 11 is 0. The molecule has 1 aliphatic heterocycles. The van der Waals surface area contributed by atoms with Gasteiger partial charge in [0.15, 0.2) is 6.29 Å². The molecule has 0 saturated heterocycles. The fourth-order valence-corrected chi connectivity index (χ4v) is 4.83. The van der Waals surface area contributed by atoms with Crippen molar-refractivity contribution >= 4 is 29.4 Å². The van der Waals surface area contributed by atoms with E-state index >= 15 is 0 Å². The minimum absolute atomic E-state index is 0.0409. The van der Waals surface area contributed by atoms with Gasteiger partial charge in [-0.05, 0) is 60.7 Å². The lowest BCUT2D eigenvalue weighted by atomic mass is 9.99. The smallest absolute Gasteiger partial charge is 0.227 e. The molecular formula is C30H35N5O2. The van der Waals surface area contributed by atoms with Gasteiger partial charge in [-0.15, -0.1) is 0 Å². The Balaban J connectivity index is 1.52. The summed E-state index contributed by atoms with van der Waals surface area (Å²) in [5.41, 5.74) is 11.4. The number of anilines is 2. The SMILES string of the molecule is CCNC(C=O)N(Cc1ccccc1)c1ccc2c(c1)CCCN2C(=O)CCc1ccc(C(=N)N)cc1. The van der Waals surface area contributed by atoms with E-state index in [0.717, 1.165) is 47.2 Å². The number of amidine groups is 1. The summed E-state index contributed by atoms with van der Waals surface area (Å²) in [4.78, 5) is 29.2. The molecule has 0 spiro atoms. The lowest BCUT2D eigenvalue weighted by Crippen LogP contribution is -2.47. The van der Waals surface area contributed by atoms with E-state index in [0.29, 0.717) is 38.0 Å². The Morgan fingerprint density at radius 1 is 1.11 bits per heavy atom. The van der Waals surface area contributed by atoms with Crippen molar-refractivity contribution in [3.05, 3.63) is 95.1 Å². The van der Waals surface area contributed by atoms with Crippen LogP contribution in [0.4, 0.5) is 11.4 Å². The van der Waals surface area contributed by atoms with E-state index in [4.69, 9.17) is 11.1 Å². The molecule has 0 saturated carbocycles. The average molecular weight is 498 g/mol. The predicted octanol–water partition coefficient (Wildman–Crippen LogP) is 4.02. The quantitative estimate of drug-likeness (QED) is 0.161. The first-order chi connectivity index (χ1) is 18.0. The average Bonchev–Trinajstić information content (AvgIpc) is 2.93. The van der Waals surface area contributed by atoms with Crippen molar-refractivity contribution in [2.24, 2.45) is 5.73 Å². The highest BCUT2D eigenvalue weighted by Gasteiger charge is 2.25. The summed E-state index contributed by atoms with van der Waals surface area (Å²) in [7, 11) is 0. The van der Waals surface area contributed by atoms with Gasteiger partial charge in [0.05, 0.1) is 0 Å². The van der Waals surface area contributed by atoms with Crippen LogP contribution in [0.2, 0.25) is 0 Å². The number of hydrogen-bond donors (Lipinski definition) is 3. The van der Waals surface area contributed by atoms with Crippen LogP contribution in [-0.4, -0.2) is 37.3 Å². The van der Waals surface area contributed by atoms with Crippen LogP contribution < -0.4 is 20.9 Å². The molecule has 192 valence electrons. The second-order valence-corrected chi connectivity index (χ2v) is 9.32. The lowest BCUT2D eigenvalue weighted by Gasteiger charge is -2.34. The van der Waals surface area contributed by atoms with Crippen LogP contribution in [0.1, 0.15) is 42.0 Å². The molecule has 1 heterocycles. The van der Waals surface area contributed by atoms with E-state index in [9.17, 15) is 9.59 Å². The molecule has 0 aromatic heterocycles. The number of nitrogen functional groups attached to an aromatic ring is 1. The van der Waals surface area contributed by atoms with Gasteiger partial charge in [0.2, 0.25) is 5.91 Å². The standard InChI is InChI=1S/C30H35N5O2/c1-2-33-28(21-36)35(20-23-7-4-3-5-8-23)26-15-16-27-25(19-26)9-6-18-34(27)29(37)17-12-22-10-13-24(14-11-22)30(31)32/h3-5,7-8,10-11,13-16,19,21,28,33H,2,6,9,12,17-18,20H2,1H3,(H3,31,32). The molecule has 4 N–H and O–H groups in total. The predicted molar refractivity (Wildman–Crippen MR) is 149 cm³/mol. The van der Waals surface area contributed by atoms with Crippen LogP contribution in [0, 0.1) is 5.41 Å². The molecule has 0 aliphatic carbocycles. The van der Waals surface area contributed by atoms with E-state index in [1.54, 1.807) is 0 Å². The van der Waals surface area contributed by atoms with E-state index in [-0.39, 0.29) is 11.7 Å². The van der Waals surface area contributed by atoms with Crippen molar-refractivity contribution in [1.82, 2.24) is 5.32 Å². The Hall–Kier alpha value is -3.97. The molecule has 3 aromatic rings. The number of nitrogens with one attached hydrogen (secondary N) is 2. The van der Waals surface area contributed by atoms with Gasteiger partial charge in [0.25, 0.3) is 0 Å². The molecule has 37 heavy (non-hydrogen) atoms. The van der Waals surface area contributed by atoms with Crippen LogP contribution in [-0.2, 0) is 29.0 Å². The molecule has 1 atom stereocenters. The highest BCUT2D eigenvalue weighted by atomic mass is 16.2. The van der Waals surface area contributed by atoms with Crippen molar-refractivity contribution in [2.45, 2.75) is 45.3 Å². The molecule has 7 heteroatoms. The van der Waals surface area contributed by atoms with Crippen molar-refractivity contribution in [3.63, 3.8) is 0 Å². The molecule has 4 rings (SSSR count). The molecule has 0 bridgehead atoms. The van der Waals surface area contributed by atoms with Gasteiger partial charge < -0.3 is 15.5 Å². The van der Waals surface area contributed by atoms with Crippen LogP contribution in [0.5, 0.6) is 0 Å². The summed E-state index contributed by atoms with van der Waals surface area (Å²) in [5.74, 6) is 0.142. The summed E-state index contributed by atoms with van der Waals surface area (Å²) in [6.07, 6.45) is 3.34. The van der Waals surface area contributed by atoms with E-state index in [1.165, 1.54) is 0 Å². The fourth-order valence-electron chi connectivity index (χ4n) is 4.83. The number of fused-ring (bicyclic) bond motifs is 1. The van der Waals surface area contributed by atoms with Gasteiger partial charge in [-0.2, -0.15) is 0 Å². The maximum atomic E-state index is 13.2. The first-order valence-electron chi connectivity index (χ1n) is 12.9. The molecule has 1 aliphatic rings. The van der Waals surface area contributed by atoms with Gasteiger partial charge in [-0.3, -0.25) is 20.3 Å². The molecule has 0 fully saturated rings. The Kier molecular flexibility index (Phi) is 8.69. The number of nitrogens with zero attached hydrogens (tertiary/aromatic N) is 2. The second-order valence-electron chi connectivity index (χ2n) is 9.32. The summed E-state index contributed by atoms with van der Waals surface area (Å²) in [5, 5.41) is 10.8. The normalized spacial score (nSPS) is 13.5. The van der Waals surface area contributed by atoms with Crippen molar-refractivity contribution in [3.8, 4) is 0 Å². The number of hydrogen-bond acceptors (Lipinski definition) is 5. The summed E-state index contributed by atoms with van der Waals surface area (Å²) < 4.78 is 0. The summed E-state index contributed by atoms with van der Waals surface area (Å²) in [6.45, 7) is 3.97. The third-order valence-corrected chi connectivity index (χ3v) is 6.78. The number of nitrogens with two attached hydrogens (primary N) is 1. The summed E-state index contributed by atoms with van der Waals surface area (Å²) in [6, 6.07) is 23.8. The number of benzene rings is 3. The van der Waals surface area contributed by atoms with E-state index in [1.807, 2.05) is 66.4 Å². The Bertz CT molecular complexity index is 1230. The van der Waals surface area contributed by atoms with Gasteiger partial charge in [0, 0.05) is 36.4 Å². The van der Waals surface area contributed by atoms with Gasteiger partial charge in [0.1, 0.15) is 12.0 Å². The number of carbonyl (C=O) groups excluding carboxylic acids is 2. The molecule has 1 unspecified atom stereocenters. The lowest BCUT2D eigenvalue weighted by molar-refractivity contribution is -0.118. The van der Waals surface area contributed by atoms with Crippen LogP contribution >= 0.6 is 0 Å². The molecule has 0 radical (unpaired) electrons. The topological polar surface area (TPSA) is 103 Å². The monoisotopic (exact) mass is 497 g/mol. The van der Waals surface area contributed by atoms with Gasteiger partial charge in [-0.1, -0.05) is 61.5 Å². The van der Waals surface area contributed by atoms with Crippen LogP contribution in [0.3, 0.4) is 0 Å². The van der Waals surface area contributed by atoms with Gasteiger partial charge >= 0.3 is 0 Å². The zero-order valence-corrected chi connectivity index (χ0v) is 21.3. The zero-order valence-electron chi connectivity index (χ0n) is 21.3. The van der Waals surface area contributed by atoms with E-state index in [2.05, 4.69) is 28.4 Å². The number of aryl methyl sites for hydroxylation is 2. The third kappa shape index (κ3) is 6.43. The Morgan fingerprint density at radius 2 is 1.86 bits per heavy atom. The number of carbonyl (C=O) groups is 2. The Morgan fingerprint density at radius 3 is 2.54 bits per heavy atom. The second kappa shape index (κ2) is 12.3. The molecule has 7 nitrogen and oxygen atoms in total. The fraction of sp³-hybridized carbons (Fsp3) is 0.300. The first kappa shape index (κ1) is 26.1. The van der Waals surface area contributed by atoms with Crippen LogP contribution in [0.25, 0.3) is 0 Å². The number of aldehydes is 1. The third-order valence-electron chi connectivity index (χ3n) is 6.78.